The largest absolute Gasteiger partial charge is 0.497 e. The number of hydrogen-bond donors (Lipinski definition) is 1. The van der Waals surface area contributed by atoms with Crippen LogP contribution in [-0.2, 0) is 25.7 Å². The highest BCUT2D eigenvalue weighted by molar-refractivity contribution is 7.99. The van der Waals surface area contributed by atoms with Crippen molar-refractivity contribution in [3.63, 3.8) is 0 Å². The van der Waals surface area contributed by atoms with Crippen molar-refractivity contribution < 1.29 is 33.8 Å². The monoisotopic (exact) mass is 642 g/mol. The van der Waals surface area contributed by atoms with Crippen LogP contribution in [0.4, 0.5) is 4.79 Å². The van der Waals surface area contributed by atoms with Crippen LogP contribution in [0.1, 0.15) is 65.1 Å². The Hall–Kier alpha value is -1.73. The second-order valence-corrected chi connectivity index (χ2v) is 14.6. The number of aliphatic hydroxyl groups excluding tert-OH is 1. The van der Waals surface area contributed by atoms with Crippen LogP contribution in [0, 0.1) is 5.92 Å². The highest BCUT2D eigenvalue weighted by Crippen LogP contribution is 2.36. The van der Waals surface area contributed by atoms with Crippen LogP contribution in [0.3, 0.4) is 0 Å². The molecule has 9 nitrogen and oxygen atoms in total. The van der Waals surface area contributed by atoms with Crippen molar-refractivity contribution in [2.75, 3.05) is 48.4 Å². The predicted octanol–water partition coefficient (Wildman–Crippen LogP) is 5.04. The summed E-state index contributed by atoms with van der Waals surface area (Å²) in [6.45, 7) is 10.7. The molecule has 1 aromatic carbocycles. The van der Waals surface area contributed by atoms with Crippen LogP contribution in [-0.4, -0.2) is 98.4 Å². The molecule has 0 radical (unpaired) electrons. The molecule has 4 rings (SSSR count). The number of thioether (sulfide) groups is 3. The zero-order chi connectivity index (χ0) is 31.4. The molecule has 3 aliphatic rings. The molecule has 1 aromatic rings. The molecular formula is C30H46N2O7S3. The molecule has 3 atom stereocenters. The van der Waals surface area contributed by atoms with Gasteiger partial charge in [0.2, 0.25) is 0 Å². The van der Waals surface area contributed by atoms with Gasteiger partial charge in [-0.2, -0.15) is 11.8 Å². The van der Waals surface area contributed by atoms with E-state index < -0.39 is 11.7 Å². The summed E-state index contributed by atoms with van der Waals surface area (Å²) in [5, 5.41) is 9.52. The molecular weight excluding hydrogens is 597 g/mol. The summed E-state index contributed by atoms with van der Waals surface area (Å²) >= 11 is 5.28. The normalized spacial score (nSPS) is 22.0. The van der Waals surface area contributed by atoms with E-state index in [4.69, 9.17) is 9.47 Å². The first kappa shape index (κ1) is 36.5. The summed E-state index contributed by atoms with van der Waals surface area (Å²) in [6, 6.07) is 5.65. The van der Waals surface area contributed by atoms with Crippen molar-refractivity contribution in [3.8, 4) is 5.75 Å². The second-order valence-electron chi connectivity index (χ2n) is 11.4. The first-order valence-corrected chi connectivity index (χ1v) is 17.5. The number of ether oxygens (including phenoxy) is 2. The van der Waals surface area contributed by atoms with Crippen molar-refractivity contribution in [2.24, 2.45) is 5.92 Å². The summed E-state index contributed by atoms with van der Waals surface area (Å²) in [5.74, 6) is 6.98. The number of carbonyl (C=O) groups is 4. The quantitative estimate of drug-likeness (QED) is 0.432. The van der Waals surface area contributed by atoms with Gasteiger partial charge in [-0.25, -0.2) is 4.79 Å². The molecule has 0 aliphatic carbocycles. The summed E-state index contributed by atoms with van der Waals surface area (Å²) in [7, 11) is 1.61. The van der Waals surface area contributed by atoms with E-state index in [1.807, 2.05) is 62.5 Å². The van der Waals surface area contributed by atoms with Crippen LogP contribution in [0.2, 0.25) is 0 Å². The fourth-order valence-electron chi connectivity index (χ4n) is 4.51. The molecule has 0 spiro atoms. The number of Topliss-reactive ketones (excluding diaryl/α,β-unsaturated/α-hetero) is 3. The number of methoxy groups -OCH3 is 1. The molecule has 236 valence electrons. The Kier molecular flexibility index (Phi) is 15.2. The summed E-state index contributed by atoms with van der Waals surface area (Å²) in [4.78, 5) is 48.6. The highest BCUT2D eigenvalue weighted by atomic mass is 32.2. The first-order valence-electron chi connectivity index (χ1n) is 14.0. The number of carbonyl (C=O) groups excluding carboxylic acids is 4. The molecule has 1 N–H and O–H groups in total. The molecule has 3 saturated heterocycles. The number of ketones is 3. The van der Waals surface area contributed by atoms with E-state index in [9.17, 15) is 24.3 Å². The van der Waals surface area contributed by atoms with Gasteiger partial charge in [0, 0.05) is 35.1 Å². The Bertz CT molecular complexity index is 1070. The van der Waals surface area contributed by atoms with Gasteiger partial charge >= 0.3 is 6.09 Å². The SMILES string of the molecule is CC(=O)C1CCSC1.CC(=O)C1CSCN1C(=O)OC(C)(C)C.COc1ccc(C2CSCN2CC(C)=O)c(CO)c1. The van der Waals surface area contributed by atoms with Gasteiger partial charge in [0.15, 0.2) is 5.78 Å². The van der Waals surface area contributed by atoms with Crippen LogP contribution in [0.25, 0.3) is 0 Å². The number of rotatable bonds is 7. The fourth-order valence-corrected chi connectivity index (χ4v) is 8.27. The molecule has 0 saturated carbocycles. The van der Waals surface area contributed by atoms with Gasteiger partial charge in [-0.1, -0.05) is 6.07 Å². The van der Waals surface area contributed by atoms with E-state index in [-0.39, 0.29) is 30.3 Å². The Labute approximate surface area is 263 Å². The first-order chi connectivity index (χ1) is 19.8. The van der Waals surface area contributed by atoms with Crippen molar-refractivity contribution in [3.05, 3.63) is 29.3 Å². The Balaban J connectivity index is 0.000000238. The molecule has 3 fully saturated rings. The fraction of sp³-hybridized carbons (Fsp3) is 0.667. The van der Waals surface area contributed by atoms with Crippen LogP contribution >= 0.6 is 35.3 Å². The third-order valence-corrected chi connectivity index (χ3v) is 10.0. The minimum atomic E-state index is -0.508. The summed E-state index contributed by atoms with van der Waals surface area (Å²) in [5.41, 5.74) is 1.46. The van der Waals surface area contributed by atoms with Crippen molar-refractivity contribution >= 4 is 58.7 Å². The van der Waals surface area contributed by atoms with Crippen molar-refractivity contribution in [1.29, 1.82) is 0 Å². The van der Waals surface area contributed by atoms with Gasteiger partial charge in [-0.15, -0.1) is 23.5 Å². The van der Waals surface area contributed by atoms with Crippen LogP contribution in [0.15, 0.2) is 18.2 Å². The number of hydrogen-bond acceptors (Lipinski definition) is 11. The average Bonchev–Trinajstić information content (AvgIpc) is 3.70. The molecule has 12 heteroatoms. The Morgan fingerprint density at radius 2 is 1.67 bits per heavy atom. The molecule has 1 amide bonds. The lowest BCUT2D eigenvalue weighted by atomic mass is 10.0. The molecule has 0 aromatic heterocycles. The lowest BCUT2D eigenvalue weighted by Gasteiger charge is -2.26. The Morgan fingerprint density at radius 1 is 0.976 bits per heavy atom. The maximum Gasteiger partial charge on any atom is 0.411 e. The highest BCUT2D eigenvalue weighted by Gasteiger charge is 2.35. The average molecular weight is 643 g/mol. The second kappa shape index (κ2) is 17.5. The van der Waals surface area contributed by atoms with Gasteiger partial charge in [0.05, 0.1) is 26.1 Å². The zero-order valence-electron chi connectivity index (χ0n) is 25.8. The van der Waals surface area contributed by atoms with E-state index in [1.54, 1.807) is 32.7 Å². The van der Waals surface area contributed by atoms with Gasteiger partial charge in [0.1, 0.15) is 29.0 Å². The maximum atomic E-state index is 11.7. The minimum absolute atomic E-state index is 0.0123. The van der Waals surface area contributed by atoms with E-state index >= 15 is 0 Å². The van der Waals surface area contributed by atoms with E-state index in [2.05, 4.69) is 4.90 Å². The molecule has 42 heavy (non-hydrogen) atoms. The minimum Gasteiger partial charge on any atom is -0.497 e. The van der Waals surface area contributed by atoms with E-state index in [1.165, 1.54) is 17.6 Å². The molecule has 3 heterocycles. The number of benzene rings is 1. The summed E-state index contributed by atoms with van der Waals surface area (Å²) in [6.07, 6.45) is 0.715. The number of nitrogens with zero attached hydrogens (tertiary/aromatic N) is 2. The van der Waals surface area contributed by atoms with E-state index in [0.29, 0.717) is 29.9 Å². The lowest BCUT2D eigenvalue weighted by Crippen LogP contribution is -2.43. The standard InChI is InChI=1S/C14H19NO3S.C10H17NO3S.C6H10OS/c1-10(17)6-15-9-19-8-14(15)13-4-3-12(18-2)5-11(13)7-16;1-7(12)8-5-15-6-11(8)9(13)14-10(2,3)4;1-5(7)6-2-3-8-4-6/h3-5,14,16H,6-9H2,1-2H3;8H,5-6H2,1-4H3;6H,2-4H2,1H3. The third kappa shape index (κ3) is 11.7. The topological polar surface area (TPSA) is 113 Å². The number of aliphatic hydroxyl groups is 1. The van der Waals surface area contributed by atoms with Crippen LogP contribution < -0.4 is 4.74 Å². The van der Waals surface area contributed by atoms with Gasteiger partial charge in [-0.3, -0.25) is 24.2 Å². The number of amides is 1. The van der Waals surface area contributed by atoms with E-state index in [0.717, 1.165) is 40.7 Å². The zero-order valence-corrected chi connectivity index (χ0v) is 28.3. The smallest absolute Gasteiger partial charge is 0.411 e. The van der Waals surface area contributed by atoms with Crippen molar-refractivity contribution in [2.45, 2.75) is 72.3 Å². The molecule has 0 bridgehead atoms. The predicted molar refractivity (Wildman–Crippen MR) is 172 cm³/mol. The molecule has 3 aliphatic heterocycles. The summed E-state index contributed by atoms with van der Waals surface area (Å²) < 4.78 is 10.4. The van der Waals surface area contributed by atoms with Gasteiger partial charge in [-0.05, 0) is 77.0 Å². The Morgan fingerprint density at radius 3 is 2.17 bits per heavy atom. The third-order valence-electron chi connectivity index (χ3n) is 6.76. The van der Waals surface area contributed by atoms with Gasteiger partial charge in [0.25, 0.3) is 0 Å². The molecule has 3 unspecified atom stereocenters. The van der Waals surface area contributed by atoms with Crippen molar-refractivity contribution in [1.82, 2.24) is 9.80 Å². The lowest BCUT2D eigenvalue weighted by molar-refractivity contribution is -0.121. The van der Waals surface area contributed by atoms with Crippen LogP contribution in [0.5, 0.6) is 5.75 Å². The maximum absolute atomic E-state index is 11.7. The van der Waals surface area contributed by atoms with Gasteiger partial charge < -0.3 is 14.6 Å².